The molecule has 0 aliphatic carbocycles. The van der Waals surface area contributed by atoms with Gasteiger partial charge >= 0.3 is 18.2 Å². The van der Waals surface area contributed by atoms with Gasteiger partial charge in [0.1, 0.15) is 23.6 Å². The van der Waals surface area contributed by atoms with Crippen molar-refractivity contribution < 1.29 is 61.9 Å². The summed E-state index contributed by atoms with van der Waals surface area (Å²) in [4.78, 5) is 69.7. The number of aliphatic imine (C=N–C) groups is 1. The molecule has 0 unspecified atom stereocenters. The second kappa shape index (κ2) is 30.8. The molecule has 0 saturated carbocycles. The Labute approximate surface area is 403 Å². The largest absolute Gasteiger partial charge is 0.491 e. The van der Waals surface area contributed by atoms with E-state index in [-0.39, 0.29) is 37.8 Å². The molecule has 0 aliphatic heterocycles. The Balaban J connectivity index is 1.48. The van der Waals surface area contributed by atoms with Crippen molar-refractivity contribution in [2.24, 2.45) is 10.1 Å². The third-order valence-electron chi connectivity index (χ3n) is 9.21. The number of ether oxygens (including phenoxy) is 8. The zero-order chi connectivity index (χ0) is 50.5. The van der Waals surface area contributed by atoms with E-state index >= 15 is 0 Å². The van der Waals surface area contributed by atoms with Crippen molar-refractivity contribution in [3.63, 3.8) is 0 Å². The van der Waals surface area contributed by atoms with Gasteiger partial charge in [-0.25, -0.2) is 9.59 Å². The van der Waals surface area contributed by atoms with Gasteiger partial charge in [0.25, 0.3) is 0 Å². The van der Waals surface area contributed by atoms with Crippen molar-refractivity contribution in [1.82, 2.24) is 21.3 Å². The first-order chi connectivity index (χ1) is 33.0. The smallest absolute Gasteiger partial charge is 0.414 e. The van der Waals surface area contributed by atoms with Crippen LogP contribution in [-0.2, 0) is 47.5 Å². The van der Waals surface area contributed by atoms with E-state index in [2.05, 4.69) is 36.3 Å². The fourth-order valence-electron chi connectivity index (χ4n) is 6.18. The lowest BCUT2D eigenvalue weighted by atomic mass is 9.95. The predicted molar refractivity (Wildman–Crippen MR) is 258 cm³/mol. The maximum atomic E-state index is 13.1. The number of fused-ring (bicyclic) bond motifs is 1. The maximum absolute atomic E-state index is 13.1. The summed E-state index contributed by atoms with van der Waals surface area (Å²) in [6.07, 6.45) is -0.890. The molecule has 0 bridgehead atoms. The van der Waals surface area contributed by atoms with E-state index in [1.165, 1.54) is 7.11 Å². The van der Waals surface area contributed by atoms with Gasteiger partial charge in [-0.3, -0.25) is 30.0 Å². The summed E-state index contributed by atoms with van der Waals surface area (Å²) < 4.78 is 43.4. The van der Waals surface area contributed by atoms with Crippen molar-refractivity contribution in [1.29, 1.82) is 0 Å². The van der Waals surface area contributed by atoms with E-state index in [0.29, 0.717) is 90.2 Å². The number of nitrogens with zero attached hydrogens (tertiary/aromatic N) is 4. The molecule has 4 N–H and O–H groups in total. The van der Waals surface area contributed by atoms with Crippen molar-refractivity contribution in [2.75, 3.05) is 86.2 Å². The number of guanidine groups is 1. The van der Waals surface area contributed by atoms with Crippen LogP contribution in [0.25, 0.3) is 32.3 Å². The van der Waals surface area contributed by atoms with E-state index in [0.717, 1.165) is 21.9 Å². The molecule has 0 radical (unpaired) electrons. The Bertz CT molecular complexity index is 2140. The molecule has 21 nitrogen and oxygen atoms in total. The highest BCUT2D eigenvalue weighted by atomic mass is 16.6. The number of alkyl carbamates (subject to hydrolysis) is 2. The number of rotatable bonds is 28. The molecule has 0 aromatic heterocycles. The molecule has 3 aromatic carbocycles. The summed E-state index contributed by atoms with van der Waals surface area (Å²) in [6, 6.07) is 18.6. The molecule has 3 aromatic rings. The van der Waals surface area contributed by atoms with E-state index < -0.39 is 41.3 Å². The summed E-state index contributed by atoms with van der Waals surface area (Å²) in [5.74, 6) is -0.857. The minimum atomic E-state index is -0.818. The van der Waals surface area contributed by atoms with Gasteiger partial charge in [0.05, 0.1) is 79.0 Å². The number of azide groups is 1. The average molecular weight is 965 g/mol. The number of unbranched alkanes of at least 4 members (excludes halogenated alkanes) is 1. The summed E-state index contributed by atoms with van der Waals surface area (Å²) in [7, 11) is 1.27. The van der Waals surface area contributed by atoms with E-state index in [4.69, 9.17) is 43.4 Å². The van der Waals surface area contributed by atoms with Crippen LogP contribution in [0.4, 0.5) is 9.59 Å². The fraction of sp³-hybridized carbons (Fsp3) is 0.542. The van der Waals surface area contributed by atoms with Crippen molar-refractivity contribution in [2.45, 2.75) is 84.5 Å². The van der Waals surface area contributed by atoms with Gasteiger partial charge in [0.15, 0.2) is 0 Å². The van der Waals surface area contributed by atoms with Crippen molar-refractivity contribution >= 4 is 46.7 Å². The fourth-order valence-corrected chi connectivity index (χ4v) is 6.18. The third kappa shape index (κ3) is 24.4. The van der Waals surface area contributed by atoms with Gasteiger partial charge in [0, 0.05) is 29.8 Å². The lowest BCUT2D eigenvalue weighted by Crippen LogP contribution is -2.47. The van der Waals surface area contributed by atoms with Crippen LogP contribution in [0.1, 0.15) is 78.8 Å². The van der Waals surface area contributed by atoms with Gasteiger partial charge in [0.2, 0.25) is 17.8 Å². The number of carbonyl (C=O) groups is 5. The van der Waals surface area contributed by atoms with Gasteiger partial charge in [-0.05, 0) is 88.1 Å². The number of methoxy groups -OCH3 is 1. The molecule has 0 spiro atoms. The zero-order valence-corrected chi connectivity index (χ0v) is 40.8. The predicted octanol–water partition coefficient (Wildman–Crippen LogP) is 6.67. The molecule has 69 heavy (non-hydrogen) atoms. The quantitative estimate of drug-likeness (QED) is 0.00866. The van der Waals surface area contributed by atoms with Crippen LogP contribution < -0.4 is 26.0 Å². The Hall–Kier alpha value is -6.51. The van der Waals surface area contributed by atoms with Crippen LogP contribution in [0.5, 0.6) is 5.75 Å². The molecule has 1 atom stereocenters. The number of hydrogen-bond donors (Lipinski definition) is 4. The number of amides is 4. The van der Waals surface area contributed by atoms with Gasteiger partial charge in [-0.2, -0.15) is 0 Å². The Morgan fingerprint density at radius 2 is 1.23 bits per heavy atom. The summed E-state index contributed by atoms with van der Waals surface area (Å²) in [5, 5.41) is 15.5. The highest BCUT2D eigenvalue weighted by molar-refractivity contribution is 6.01. The Morgan fingerprint density at radius 1 is 0.667 bits per heavy atom. The molecule has 3 rings (SSSR count). The minimum absolute atomic E-state index is 0.0806. The van der Waals surface area contributed by atoms with E-state index in [1.54, 1.807) is 41.5 Å². The van der Waals surface area contributed by atoms with Crippen LogP contribution in [0.15, 0.2) is 70.8 Å². The first kappa shape index (κ1) is 56.8. The van der Waals surface area contributed by atoms with Crippen LogP contribution >= 0.6 is 0 Å². The van der Waals surface area contributed by atoms with Gasteiger partial charge in [-0.1, -0.05) is 59.7 Å². The third-order valence-corrected chi connectivity index (χ3v) is 9.21. The first-order valence-electron chi connectivity index (χ1n) is 22.7. The van der Waals surface area contributed by atoms with Gasteiger partial charge in [-0.15, -0.1) is 0 Å². The first-order valence-corrected chi connectivity index (χ1v) is 22.7. The van der Waals surface area contributed by atoms with Crippen molar-refractivity contribution in [3.05, 3.63) is 76.7 Å². The van der Waals surface area contributed by atoms with Crippen LogP contribution in [0.3, 0.4) is 0 Å². The maximum Gasteiger partial charge on any atom is 0.414 e. The lowest BCUT2D eigenvalue weighted by Gasteiger charge is -2.22. The van der Waals surface area contributed by atoms with Crippen LogP contribution in [0, 0.1) is 0 Å². The second-order valence-electron chi connectivity index (χ2n) is 17.1. The normalized spacial score (nSPS) is 11.6. The van der Waals surface area contributed by atoms with Crippen molar-refractivity contribution in [3.8, 4) is 16.9 Å². The molecule has 378 valence electrons. The summed E-state index contributed by atoms with van der Waals surface area (Å²) in [5.41, 5.74) is 9.19. The number of benzene rings is 3. The molecule has 4 amide bonds. The topological polar surface area (TPSA) is 268 Å². The van der Waals surface area contributed by atoms with Crippen LogP contribution in [-0.4, -0.2) is 133 Å². The molecule has 0 saturated heterocycles. The molecule has 0 heterocycles. The van der Waals surface area contributed by atoms with Gasteiger partial charge < -0.3 is 48.5 Å². The monoisotopic (exact) mass is 964 g/mol. The van der Waals surface area contributed by atoms with Crippen LogP contribution in [0.2, 0.25) is 0 Å². The molecule has 0 aliphatic rings. The Kier molecular flexibility index (Phi) is 25.3. The number of carbonyl (C=O) groups excluding carboxylic acids is 5. The average Bonchev–Trinajstić information content (AvgIpc) is 3.29. The molecular weight excluding hydrogens is 897 g/mol. The summed E-state index contributed by atoms with van der Waals surface area (Å²) in [6.45, 7) is 13.9. The number of nitrogens with one attached hydrogen (secondary N) is 4. The highest BCUT2D eigenvalue weighted by Crippen LogP contribution is 2.35. The zero-order valence-electron chi connectivity index (χ0n) is 40.8. The lowest BCUT2D eigenvalue weighted by molar-refractivity contribution is -0.141. The molecular formula is C48H68N8O13. The standard InChI is InChI=1S/C48H68N8O13/c1-47(2,3)68-45(60)54-44(55-46(61)69-48(4,5)6)50-21-11-10-14-41(57)51-33-42(58)53-39(32-43(59)62-7)35-17-15-34(16-18-35)36-19-20-40(38-13-9-8-12-37(36)38)67-31-30-66-29-28-65-27-26-64-25-24-63-23-22-52-56-49/h8-9,12-13,15-20,39H,10-11,14,21-33H2,1-7H3,(H,51,57)(H,53,58)(H2,50,54,55,60,61)/t39-/m0/s1. The van der Waals surface area contributed by atoms with E-state index in [9.17, 15) is 24.0 Å². The van der Waals surface area contributed by atoms with E-state index in [1.807, 2.05) is 60.7 Å². The summed E-state index contributed by atoms with van der Waals surface area (Å²) >= 11 is 0. The molecule has 21 heteroatoms. The number of esters is 1. The second-order valence-corrected chi connectivity index (χ2v) is 17.1. The molecule has 0 fully saturated rings. The number of hydrogen-bond acceptors (Lipinski definition) is 15. The Morgan fingerprint density at radius 3 is 1.80 bits per heavy atom. The SMILES string of the molecule is COC(=O)C[C@H](NC(=O)CNC(=O)CCCCN=C(NC(=O)OC(C)(C)C)NC(=O)OC(C)(C)C)c1ccc(-c2ccc(OCCOCCOCCOCCOCCN=[N+]=[N-])c3ccccc23)cc1. The highest BCUT2D eigenvalue weighted by Gasteiger charge is 2.22. The minimum Gasteiger partial charge on any atom is -0.491 e.